The highest BCUT2D eigenvalue weighted by atomic mass is 16.6. The van der Waals surface area contributed by atoms with Crippen LogP contribution < -0.4 is 10.6 Å². The van der Waals surface area contributed by atoms with Crippen LogP contribution in [-0.4, -0.2) is 40.5 Å². The smallest absolute Gasteiger partial charge is 0.408 e. The summed E-state index contributed by atoms with van der Waals surface area (Å²) in [5, 5.41) is 5.94. The minimum Gasteiger partial charge on any atom is -0.444 e. The van der Waals surface area contributed by atoms with Gasteiger partial charge in [-0.1, -0.05) is 70.0 Å². The molecule has 0 saturated heterocycles. The zero-order chi connectivity index (χ0) is 32.5. The maximum atomic E-state index is 14.7. The molecule has 0 spiro atoms. The standard InChI is InChI=1S/C36H51N3O4/c1-12-28-18-13-14-19-29(28)32(33(40)38-31-25(6)16-15-17-26(31)7)39(27(8)21-20-23(2)3)34(41)30(22-24(4)5)37-35(42)43-36(9,10)11/h1,13-19,23-24,27,30,32H,20-22H2,2-11H3,(H,37,42)(H,38,40). The molecule has 0 radical (unpaired) electrons. The number of hydrogen-bond acceptors (Lipinski definition) is 4. The van der Waals surface area contributed by atoms with Crippen molar-refractivity contribution >= 4 is 23.6 Å². The van der Waals surface area contributed by atoms with Gasteiger partial charge in [0.15, 0.2) is 0 Å². The lowest BCUT2D eigenvalue weighted by Gasteiger charge is -2.39. The van der Waals surface area contributed by atoms with Crippen molar-refractivity contribution in [3.63, 3.8) is 0 Å². The topological polar surface area (TPSA) is 87.7 Å². The van der Waals surface area contributed by atoms with Crippen LogP contribution in [0.15, 0.2) is 42.5 Å². The van der Waals surface area contributed by atoms with Crippen LogP contribution in [0, 0.1) is 38.0 Å². The molecule has 3 unspecified atom stereocenters. The molecule has 0 aromatic heterocycles. The number of aryl methyl sites for hydroxylation is 2. The lowest BCUT2D eigenvalue weighted by atomic mass is 9.93. The molecule has 0 aliphatic rings. The molecule has 2 rings (SSSR count). The molecule has 2 aromatic carbocycles. The van der Waals surface area contributed by atoms with E-state index in [2.05, 4.69) is 30.4 Å². The number of carbonyl (C=O) groups excluding carboxylic acids is 3. The number of para-hydroxylation sites is 1. The van der Waals surface area contributed by atoms with E-state index in [1.165, 1.54) is 0 Å². The fourth-order valence-electron chi connectivity index (χ4n) is 5.12. The quantitative estimate of drug-likeness (QED) is 0.250. The van der Waals surface area contributed by atoms with Crippen molar-refractivity contribution in [2.45, 2.75) is 112 Å². The number of terminal acetylenes is 1. The maximum absolute atomic E-state index is 14.7. The number of alkyl carbamates (subject to hydrolysis) is 1. The van der Waals surface area contributed by atoms with Crippen LogP contribution >= 0.6 is 0 Å². The Bertz CT molecular complexity index is 1280. The highest BCUT2D eigenvalue weighted by molar-refractivity contribution is 6.00. The molecule has 0 bridgehead atoms. The second-order valence-corrected chi connectivity index (χ2v) is 13.3. The van der Waals surface area contributed by atoms with Crippen LogP contribution in [0.4, 0.5) is 10.5 Å². The van der Waals surface area contributed by atoms with Crippen LogP contribution in [0.5, 0.6) is 0 Å². The molecule has 234 valence electrons. The summed E-state index contributed by atoms with van der Waals surface area (Å²) in [5.74, 6) is 2.46. The number of ether oxygens (including phenoxy) is 1. The second kappa shape index (κ2) is 15.6. The second-order valence-electron chi connectivity index (χ2n) is 13.3. The molecule has 0 heterocycles. The molecule has 2 aromatic rings. The van der Waals surface area contributed by atoms with Crippen LogP contribution in [-0.2, 0) is 14.3 Å². The lowest BCUT2D eigenvalue weighted by Crippen LogP contribution is -2.55. The van der Waals surface area contributed by atoms with Gasteiger partial charge in [-0.15, -0.1) is 6.42 Å². The fourth-order valence-corrected chi connectivity index (χ4v) is 5.12. The minimum atomic E-state index is -1.05. The number of benzene rings is 2. The normalized spacial score (nSPS) is 13.6. The van der Waals surface area contributed by atoms with E-state index in [1.54, 1.807) is 37.8 Å². The van der Waals surface area contributed by atoms with Gasteiger partial charge in [-0.25, -0.2) is 4.79 Å². The molecule has 0 saturated carbocycles. The average Bonchev–Trinajstić information content (AvgIpc) is 2.90. The zero-order valence-corrected chi connectivity index (χ0v) is 27.7. The van der Waals surface area contributed by atoms with Gasteiger partial charge in [-0.2, -0.15) is 0 Å². The van der Waals surface area contributed by atoms with E-state index in [1.807, 2.05) is 65.0 Å². The van der Waals surface area contributed by atoms with Gasteiger partial charge in [-0.3, -0.25) is 9.59 Å². The number of nitrogens with one attached hydrogen (secondary N) is 2. The largest absolute Gasteiger partial charge is 0.444 e. The number of rotatable bonds is 12. The van der Waals surface area contributed by atoms with Crippen LogP contribution in [0.25, 0.3) is 0 Å². The molecule has 43 heavy (non-hydrogen) atoms. The molecule has 0 fully saturated rings. The van der Waals surface area contributed by atoms with E-state index in [0.717, 1.165) is 17.5 Å². The van der Waals surface area contributed by atoms with Crippen molar-refractivity contribution in [1.82, 2.24) is 10.2 Å². The Kier molecular flexibility index (Phi) is 12.9. The van der Waals surface area contributed by atoms with Gasteiger partial charge >= 0.3 is 6.09 Å². The van der Waals surface area contributed by atoms with Gasteiger partial charge in [0, 0.05) is 17.3 Å². The van der Waals surface area contributed by atoms with Crippen LogP contribution in [0.3, 0.4) is 0 Å². The summed E-state index contributed by atoms with van der Waals surface area (Å²) < 4.78 is 5.53. The van der Waals surface area contributed by atoms with E-state index >= 15 is 0 Å². The molecular weight excluding hydrogens is 538 g/mol. The molecule has 3 atom stereocenters. The Labute approximate surface area is 259 Å². The highest BCUT2D eigenvalue weighted by Gasteiger charge is 2.40. The fraction of sp³-hybridized carbons (Fsp3) is 0.528. The van der Waals surface area contributed by atoms with Crippen molar-refractivity contribution in [3.05, 3.63) is 64.7 Å². The van der Waals surface area contributed by atoms with E-state index in [-0.39, 0.29) is 23.8 Å². The summed E-state index contributed by atoms with van der Waals surface area (Å²) in [7, 11) is 0. The van der Waals surface area contributed by atoms with E-state index in [0.29, 0.717) is 35.6 Å². The number of amides is 3. The van der Waals surface area contributed by atoms with E-state index in [4.69, 9.17) is 11.2 Å². The molecule has 0 aliphatic heterocycles. The third-order valence-electron chi connectivity index (χ3n) is 7.25. The Morgan fingerprint density at radius 3 is 2.05 bits per heavy atom. The Morgan fingerprint density at radius 1 is 0.907 bits per heavy atom. The molecule has 3 amide bonds. The van der Waals surface area contributed by atoms with Gasteiger partial charge in [0.25, 0.3) is 5.91 Å². The average molecular weight is 590 g/mol. The van der Waals surface area contributed by atoms with Gasteiger partial charge in [-0.05, 0) is 95.4 Å². The first-order chi connectivity index (χ1) is 20.0. The van der Waals surface area contributed by atoms with Crippen LogP contribution in [0.2, 0.25) is 0 Å². The Balaban J connectivity index is 2.74. The lowest BCUT2D eigenvalue weighted by molar-refractivity contribution is -0.144. The first kappa shape index (κ1) is 35.4. The predicted octanol–water partition coefficient (Wildman–Crippen LogP) is 7.56. The molecule has 7 heteroatoms. The summed E-state index contributed by atoms with van der Waals surface area (Å²) >= 11 is 0. The highest BCUT2D eigenvalue weighted by Crippen LogP contribution is 2.32. The van der Waals surface area contributed by atoms with Gasteiger partial charge in [0.1, 0.15) is 17.7 Å². The summed E-state index contributed by atoms with van der Waals surface area (Å²) in [5.41, 5.74) is 2.86. The summed E-state index contributed by atoms with van der Waals surface area (Å²) in [6, 6.07) is 10.7. The van der Waals surface area contributed by atoms with Crippen molar-refractivity contribution in [3.8, 4) is 12.3 Å². The van der Waals surface area contributed by atoms with Crippen molar-refractivity contribution < 1.29 is 19.1 Å². The number of nitrogens with zero attached hydrogens (tertiary/aromatic N) is 1. The van der Waals surface area contributed by atoms with Gasteiger partial charge in [0.05, 0.1) is 0 Å². The molecule has 0 aliphatic carbocycles. The zero-order valence-electron chi connectivity index (χ0n) is 27.7. The maximum Gasteiger partial charge on any atom is 0.408 e. The third kappa shape index (κ3) is 10.5. The summed E-state index contributed by atoms with van der Waals surface area (Å²) in [6.45, 7) is 19.4. The summed E-state index contributed by atoms with van der Waals surface area (Å²) in [6.07, 6.45) is 7.13. The Hall–Kier alpha value is -3.79. The number of carbonyl (C=O) groups is 3. The van der Waals surface area contributed by atoms with Gasteiger partial charge < -0.3 is 20.3 Å². The monoisotopic (exact) mass is 589 g/mol. The van der Waals surface area contributed by atoms with E-state index in [9.17, 15) is 14.4 Å². The van der Waals surface area contributed by atoms with Crippen molar-refractivity contribution in [2.75, 3.05) is 5.32 Å². The predicted molar refractivity (Wildman–Crippen MR) is 175 cm³/mol. The summed E-state index contributed by atoms with van der Waals surface area (Å²) in [4.78, 5) is 43.7. The van der Waals surface area contributed by atoms with Crippen molar-refractivity contribution in [2.24, 2.45) is 11.8 Å². The SMILES string of the molecule is C#Cc1ccccc1C(C(=O)Nc1c(C)cccc1C)N(C(=O)C(CC(C)C)NC(=O)OC(C)(C)C)C(C)CCC(C)C. The number of anilines is 1. The Morgan fingerprint density at radius 2 is 1.51 bits per heavy atom. The molecule has 7 nitrogen and oxygen atoms in total. The van der Waals surface area contributed by atoms with Crippen LogP contribution in [0.1, 0.15) is 103 Å². The molecule has 2 N–H and O–H groups in total. The molecular formula is C36H51N3O4. The first-order valence-corrected chi connectivity index (χ1v) is 15.3. The van der Waals surface area contributed by atoms with E-state index < -0.39 is 23.8 Å². The third-order valence-corrected chi connectivity index (χ3v) is 7.25. The van der Waals surface area contributed by atoms with Crippen molar-refractivity contribution in [1.29, 1.82) is 0 Å². The number of hydrogen-bond donors (Lipinski definition) is 2. The van der Waals surface area contributed by atoms with Gasteiger partial charge in [0.2, 0.25) is 5.91 Å². The minimum absolute atomic E-state index is 0.0802. The first-order valence-electron chi connectivity index (χ1n) is 15.3.